The molecule has 2 unspecified atom stereocenters. The maximum atomic E-state index is 12.6. The van der Waals surface area contributed by atoms with Crippen LogP contribution in [-0.2, 0) is 10.3 Å². The number of hydrogen-bond acceptors (Lipinski definition) is 3. The minimum Gasteiger partial charge on any atom is -0.444 e. The predicted octanol–water partition coefficient (Wildman–Crippen LogP) is 4.81. The third-order valence-corrected chi connectivity index (χ3v) is 5.00. The van der Waals surface area contributed by atoms with E-state index in [-0.39, 0.29) is 23.7 Å². The molecule has 1 amide bonds. The van der Waals surface area contributed by atoms with Gasteiger partial charge in [0.25, 0.3) is 0 Å². The van der Waals surface area contributed by atoms with Crippen molar-refractivity contribution in [3.8, 4) is 0 Å². The Balaban J connectivity index is 2.26. The van der Waals surface area contributed by atoms with Crippen LogP contribution in [0.3, 0.4) is 0 Å². The number of rotatable bonds is 4. The molecule has 144 valence electrons. The highest BCUT2D eigenvalue weighted by molar-refractivity contribution is 5.68. The monoisotopic (exact) mass is 358 g/mol. The Bertz CT molecular complexity index is 619. The Hall–Kier alpha value is -1.81. The Morgan fingerprint density at radius 2 is 1.81 bits per heavy atom. The van der Waals surface area contributed by atoms with Crippen LogP contribution >= 0.6 is 0 Å². The van der Waals surface area contributed by atoms with Gasteiger partial charge in [0.2, 0.25) is 0 Å². The first-order valence-electron chi connectivity index (χ1n) is 9.49. The van der Waals surface area contributed by atoms with Gasteiger partial charge in [0, 0.05) is 30.7 Å². The molecule has 1 saturated heterocycles. The Morgan fingerprint density at radius 3 is 2.35 bits per heavy atom. The van der Waals surface area contributed by atoms with E-state index in [9.17, 15) is 4.79 Å². The first-order valence-corrected chi connectivity index (χ1v) is 9.49. The van der Waals surface area contributed by atoms with Crippen LogP contribution in [0.15, 0.2) is 43.0 Å². The van der Waals surface area contributed by atoms with Gasteiger partial charge in [0.05, 0.1) is 0 Å². The van der Waals surface area contributed by atoms with Crippen molar-refractivity contribution in [2.45, 2.75) is 71.2 Å². The van der Waals surface area contributed by atoms with Gasteiger partial charge in [-0.25, -0.2) is 4.79 Å². The Morgan fingerprint density at radius 1 is 1.19 bits per heavy atom. The molecule has 1 aliphatic heterocycles. The standard InChI is InChI=1S/C22H34N2O2/c1-8-12-19-16-23(20(25)26-21(3,4)5)15-17(2)24(19)22(6,7)18-13-10-9-11-14-18/h8-11,13-14,17,19H,1,12,15-16H2,2-7H3. The first kappa shape index (κ1) is 20.5. The zero-order valence-electron chi connectivity index (χ0n) is 17.2. The maximum Gasteiger partial charge on any atom is 0.410 e. The summed E-state index contributed by atoms with van der Waals surface area (Å²) in [6.45, 7) is 17.7. The summed E-state index contributed by atoms with van der Waals surface area (Å²) in [5.74, 6) is 0. The maximum absolute atomic E-state index is 12.6. The summed E-state index contributed by atoms with van der Waals surface area (Å²) in [7, 11) is 0. The molecule has 1 heterocycles. The minimum atomic E-state index is -0.477. The molecular weight excluding hydrogens is 324 g/mol. The third-order valence-electron chi connectivity index (χ3n) is 5.00. The number of benzene rings is 1. The second-order valence-electron chi connectivity index (χ2n) is 8.74. The fourth-order valence-electron chi connectivity index (χ4n) is 4.04. The van der Waals surface area contributed by atoms with Crippen molar-refractivity contribution in [2.75, 3.05) is 13.1 Å². The quantitative estimate of drug-likeness (QED) is 0.724. The van der Waals surface area contributed by atoms with Crippen LogP contribution in [0.1, 0.15) is 53.5 Å². The lowest BCUT2D eigenvalue weighted by Crippen LogP contribution is -2.64. The Labute approximate surface area is 158 Å². The van der Waals surface area contributed by atoms with E-state index in [0.29, 0.717) is 13.1 Å². The van der Waals surface area contributed by atoms with Gasteiger partial charge >= 0.3 is 6.09 Å². The summed E-state index contributed by atoms with van der Waals surface area (Å²) in [5, 5.41) is 0. The first-order chi connectivity index (χ1) is 12.1. The van der Waals surface area contributed by atoms with Crippen molar-refractivity contribution in [1.29, 1.82) is 0 Å². The van der Waals surface area contributed by atoms with E-state index >= 15 is 0 Å². The van der Waals surface area contributed by atoms with Gasteiger partial charge in [-0.2, -0.15) is 0 Å². The third kappa shape index (κ3) is 4.67. The van der Waals surface area contributed by atoms with E-state index in [4.69, 9.17) is 4.74 Å². The number of hydrogen-bond donors (Lipinski definition) is 0. The summed E-state index contributed by atoms with van der Waals surface area (Å²) in [5.41, 5.74) is 0.676. The molecule has 0 N–H and O–H groups in total. The molecule has 0 spiro atoms. The van der Waals surface area contributed by atoms with Gasteiger partial charge in [0.15, 0.2) is 0 Å². The zero-order chi connectivity index (χ0) is 19.5. The summed E-state index contributed by atoms with van der Waals surface area (Å²) in [6.07, 6.45) is 2.56. The molecule has 4 heteroatoms. The smallest absolute Gasteiger partial charge is 0.410 e. The largest absolute Gasteiger partial charge is 0.444 e. The van der Waals surface area contributed by atoms with Gasteiger partial charge in [-0.05, 0) is 53.5 Å². The van der Waals surface area contributed by atoms with E-state index < -0.39 is 5.60 Å². The van der Waals surface area contributed by atoms with Crippen LogP contribution in [0.2, 0.25) is 0 Å². The van der Waals surface area contributed by atoms with Crippen LogP contribution in [0, 0.1) is 0 Å². The highest BCUT2D eigenvalue weighted by Gasteiger charge is 2.42. The molecule has 1 aromatic rings. The number of carbonyl (C=O) groups excluding carboxylic acids is 1. The molecule has 0 aliphatic carbocycles. The highest BCUT2D eigenvalue weighted by Crippen LogP contribution is 2.35. The molecule has 1 aliphatic rings. The summed E-state index contributed by atoms with van der Waals surface area (Å²) >= 11 is 0. The van der Waals surface area contributed by atoms with E-state index in [2.05, 4.69) is 56.5 Å². The number of nitrogens with zero attached hydrogens (tertiary/aromatic N) is 2. The molecule has 4 nitrogen and oxygen atoms in total. The normalized spacial score (nSPS) is 22.2. The number of ether oxygens (including phenoxy) is 1. The van der Waals surface area contributed by atoms with Crippen molar-refractivity contribution in [3.05, 3.63) is 48.6 Å². The van der Waals surface area contributed by atoms with E-state index in [1.165, 1.54) is 5.56 Å². The zero-order valence-corrected chi connectivity index (χ0v) is 17.2. The van der Waals surface area contributed by atoms with Gasteiger partial charge in [-0.3, -0.25) is 4.90 Å². The molecule has 26 heavy (non-hydrogen) atoms. The van der Waals surface area contributed by atoms with E-state index in [1.54, 1.807) is 0 Å². The second-order valence-corrected chi connectivity index (χ2v) is 8.74. The number of piperazine rings is 1. The lowest BCUT2D eigenvalue weighted by molar-refractivity contribution is -0.0482. The van der Waals surface area contributed by atoms with E-state index in [1.807, 2.05) is 37.8 Å². The van der Waals surface area contributed by atoms with Gasteiger partial charge in [0.1, 0.15) is 5.60 Å². The van der Waals surface area contributed by atoms with Gasteiger partial charge < -0.3 is 9.64 Å². The van der Waals surface area contributed by atoms with Gasteiger partial charge in [-0.1, -0.05) is 36.4 Å². The molecular formula is C22H34N2O2. The van der Waals surface area contributed by atoms with Crippen molar-refractivity contribution >= 4 is 6.09 Å². The molecule has 2 rings (SSSR count). The molecule has 0 bridgehead atoms. The molecule has 1 aromatic carbocycles. The fourth-order valence-corrected chi connectivity index (χ4v) is 4.04. The molecule has 0 aromatic heterocycles. The van der Waals surface area contributed by atoms with E-state index in [0.717, 1.165) is 6.42 Å². The number of carbonyl (C=O) groups is 1. The van der Waals surface area contributed by atoms with Crippen molar-refractivity contribution in [3.63, 3.8) is 0 Å². The van der Waals surface area contributed by atoms with Crippen molar-refractivity contribution in [1.82, 2.24) is 9.80 Å². The summed E-state index contributed by atoms with van der Waals surface area (Å²) in [6, 6.07) is 11.0. The van der Waals surface area contributed by atoms with Crippen LogP contribution in [0.5, 0.6) is 0 Å². The van der Waals surface area contributed by atoms with Crippen LogP contribution in [0.4, 0.5) is 4.79 Å². The van der Waals surface area contributed by atoms with Gasteiger partial charge in [-0.15, -0.1) is 6.58 Å². The topological polar surface area (TPSA) is 32.8 Å². The highest BCUT2D eigenvalue weighted by atomic mass is 16.6. The van der Waals surface area contributed by atoms with Crippen LogP contribution in [-0.4, -0.2) is 46.7 Å². The number of amides is 1. The SMILES string of the molecule is C=CCC1CN(C(=O)OC(C)(C)C)CC(C)N1C(C)(C)c1ccccc1. The molecule has 1 fully saturated rings. The van der Waals surface area contributed by atoms with Crippen molar-refractivity contribution < 1.29 is 9.53 Å². The average Bonchev–Trinajstić information content (AvgIpc) is 2.53. The van der Waals surface area contributed by atoms with Crippen LogP contribution < -0.4 is 0 Å². The minimum absolute atomic E-state index is 0.131. The lowest BCUT2D eigenvalue weighted by atomic mass is 9.87. The molecule has 2 atom stereocenters. The average molecular weight is 359 g/mol. The Kier molecular flexibility index (Phi) is 6.17. The van der Waals surface area contributed by atoms with Crippen LogP contribution in [0.25, 0.3) is 0 Å². The lowest BCUT2D eigenvalue weighted by Gasteiger charge is -2.53. The second kappa shape index (κ2) is 7.83. The van der Waals surface area contributed by atoms with Crippen molar-refractivity contribution in [2.24, 2.45) is 0 Å². The summed E-state index contributed by atoms with van der Waals surface area (Å²) in [4.78, 5) is 17.0. The predicted molar refractivity (Wildman–Crippen MR) is 107 cm³/mol. The summed E-state index contributed by atoms with van der Waals surface area (Å²) < 4.78 is 5.60. The fraction of sp³-hybridized carbons (Fsp3) is 0.591. The molecule has 0 saturated carbocycles. The molecule has 0 radical (unpaired) electrons.